The van der Waals surface area contributed by atoms with Crippen LogP contribution in [0.4, 0.5) is 5.69 Å². The molecule has 6 nitrogen and oxygen atoms in total. The van der Waals surface area contributed by atoms with Gasteiger partial charge < -0.3 is 15.0 Å². The molecule has 7 heteroatoms. The second kappa shape index (κ2) is 8.45. The number of ether oxygens (including phenoxy) is 1. The normalized spacial score (nSPS) is 16.1. The number of aromatic nitrogens is 1. The van der Waals surface area contributed by atoms with Crippen molar-refractivity contribution in [2.24, 2.45) is 5.92 Å². The zero-order chi connectivity index (χ0) is 20.2. The Hall–Kier alpha value is -3.19. The van der Waals surface area contributed by atoms with Gasteiger partial charge in [-0.15, -0.1) is 0 Å². The van der Waals surface area contributed by atoms with E-state index in [1.807, 2.05) is 48.0 Å². The van der Waals surface area contributed by atoms with Crippen molar-refractivity contribution in [3.05, 3.63) is 65.1 Å². The number of amides is 2. The van der Waals surface area contributed by atoms with Crippen molar-refractivity contribution in [2.75, 3.05) is 18.6 Å². The third kappa shape index (κ3) is 4.30. The van der Waals surface area contributed by atoms with Crippen LogP contribution in [0.15, 0.2) is 59.6 Å². The van der Waals surface area contributed by atoms with Gasteiger partial charge in [-0.3, -0.25) is 14.6 Å². The number of anilines is 1. The van der Waals surface area contributed by atoms with Crippen molar-refractivity contribution in [3.63, 3.8) is 0 Å². The van der Waals surface area contributed by atoms with E-state index in [1.54, 1.807) is 29.5 Å². The Morgan fingerprint density at radius 3 is 2.79 bits per heavy atom. The first-order valence-corrected chi connectivity index (χ1v) is 10.3. The Labute approximate surface area is 173 Å². The molecule has 1 aliphatic heterocycles. The van der Waals surface area contributed by atoms with Crippen LogP contribution >= 0.6 is 11.3 Å². The lowest BCUT2D eigenvalue weighted by molar-refractivity contribution is -0.126. The second-order valence-electron chi connectivity index (χ2n) is 6.92. The topological polar surface area (TPSA) is 71.5 Å². The van der Waals surface area contributed by atoms with Crippen molar-refractivity contribution in [3.8, 4) is 16.9 Å². The molecule has 1 fully saturated rings. The minimum Gasteiger partial charge on any atom is -0.497 e. The summed E-state index contributed by atoms with van der Waals surface area (Å²) in [6, 6.07) is 11.4. The third-order valence-corrected chi connectivity index (χ3v) is 5.68. The van der Waals surface area contributed by atoms with Crippen molar-refractivity contribution in [1.29, 1.82) is 0 Å². The van der Waals surface area contributed by atoms with E-state index >= 15 is 0 Å². The number of pyridine rings is 1. The fourth-order valence-electron chi connectivity index (χ4n) is 3.40. The van der Waals surface area contributed by atoms with Gasteiger partial charge in [0.25, 0.3) is 0 Å². The van der Waals surface area contributed by atoms with Crippen LogP contribution in [0, 0.1) is 5.92 Å². The van der Waals surface area contributed by atoms with E-state index in [9.17, 15) is 9.59 Å². The zero-order valence-electron chi connectivity index (χ0n) is 16.0. The summed E-state index contributed by atoms with van der Waals surface area (Å²) in [5.74, 6) is 0.206. The molecule has 3 aromatic rings. The molecule has 1 aliphatic rings. The van der Waals surface area contributed by atoms with Gasteiger partial charge in [0.1, 0.15) is 5.75 Å². The first kappa shape index (κ1) is 19.1. The number of benzene rings is 1. The standard InChI is InChI=1S/C22H21N3O3S/c1-28-20-4-2-19(3-5-20)25-13-18(9-21(25)26)22(27)24-11-15-8-17(12-23-10-15)16-6-7-29-14-16/h2-8,10,12,14,18H,9,11,13H2,1H3,(H,24,27)/t18-/m1/s1. The number of hydrogen-bond donors (Lipinski definition) is 1. The lowest BCUT2D eigenvalue weighted by Gasteiger charge is -2.17. The Morgan fingerprint density at radius 2 is 2.07 bits per heavy atom. The van der Waals surface area contributed by atoms with Gasteiger partial charge in [-0.1, -0.05) is 0 Å². The van der Waals surface area contributed by atoms with E-state index in [2.05, 4.69) is 15.7 Å². The molecule has 0 saturated carbocycles. The van der Waals surface area contributed by atoms with Crippen LogP contribution < -0.4 is 15.0 Å². The average Bonchev–Trinajstić information content (AvgIpc) is 3.42. The molecule has 1 aromatic carbocycles. The van der Waals surface area contributed by atoms with E-state index in [4.69, 9.17) is 4.74 Å². The molecule has 0 bridgehead atoms. The van der Waals surface area contributed by atoms with Gasteiger partial charge in [-0.25, -0.2) is 0 Å². The number of nitrogens with zero attached hydrogens (tertiary/aromatic N) is 2. The molecule has 0 unspecified atom stereocenters. The first-order chi connectivity index (χ1) is 14.1. The van der Waals surface area contributed by atoms with Gasteiger partial charge in [-0.05, 0) is 58.3 Å². The third-order valence-electron chi connectivity index (χ3n) is 5.00. The largest absolute Gasteiger partial charge is 0.497 e. The molecule has 29 heavy (non-hydrogen) atoms. The summed E-state index contributed by atoms with van der Waals surface area (Å²) in [6.45, 7) is 0.765. The van der Waals surface area contributed by atoms with Crippen molar-refractivity contribution < 1.29 is 14.3 Å². The van der Waals surface area contributed by atoms with Crippen LogP contribution in [0.5, 0.6) is 5.75 Å². The van der Waals surface area contributed by atoms with Crippen molar-refractivity contribution in [2.45, 2.75) is 13.0 Å². The summed E-state index contributed by atoms with van der Waals surface area (Å²) in [4.78, 5) is 31.0. The lowest BCUT2D eigenvalue weighted by atomic mass is 10.1. The number of rotatable bonds is 6. The molecule has 1 atom stereocenters. The maximum absolute atomic E-state index is 12.6. The predicted molar refractivity (Wildman–Crippen MR) is 113 cm³/mol. The average molecular weight is 407 g/mol. The van der Waals surface area contributed by atoms with Gasteiger partial charge in [0.15, 0.2) is 0 Å². The van der Waals surface area contributed by atoms with E-state index in [-0.39, 0.29) is 24.2 Å². The molecule has 1 saturated heterocycles. The van der Waals surface area contributed by atoms with Gasteiger partial charge in [0.2, 0.25) is 11.8 Å². The smallest absolute Gasteiger partial charge is 0.227 e. The monoisotopic (exact) mass is 407 g/mol. The highest BCUT2D eigenvalue weighted by atomic mass is 32.1. The van der Waals surface area contributed by atoms with Crippen molar-refractivity contribution in [1.82, 2.24) is 10.3 Å². The number of methoxy groups -OCH3 is 1. The van der Waals surface area contributed by atoms with Crippen LogP contribution in [-0.4, -0.2) is 30.5 Å². The highest BCUT2D eigenvalue weighted by Crippen LogP contribution is 2.27. The summed E-state index contributed by atoms with van der Waals surface area (Å²) in [7, 11) is 1.60. The van der Waals surface area contributed by atoms with Gasteiger partial charge in [0.05, 0.1) is 13.0 Å². The molecule has 3 heterocycles. The van der Waals surface area contributed by atoms with Gasteiger partial charge in [0, 0.05) is 43.2 Å². The quantitative estimate of drug-likeness (QED) is 0.679. The molecule has 0 spiro atoms. The summed E-state index contributed by atoms with van der Waals surface area (Å²) in [6.07, 6.45) is 3.78. The number of carbonyl (C=O) groups is 2. The van der Waals surface area contributed by atoms with Gasteiger partial charge in [-0.2, -0.15) is 11.3 Å². The molecule has 0 radical (unpaired) electrons. The summed E-state index contributed by atoms with van der Waals surface area (Å²) in [5, 5.41) is 7.04. The number of carbonyl (C=O) groups excluding carboxylic acids is 2. The summed E-state index contributed by atoms with van der Waals surface area (Å²) < 4.78 is 5.15. The second-order valence-corrected chi connectivity index (χ2v) is 7.70. The Morgan fingerprint density at radius 1 is 1.24 bits per heavy atom. The molecule has 4 rings (SSSR count). The highest BCUT2D eigenvalue weighted by Gasteiger charge is 2.35. The fourth-order valence-corrected chi connectivity index (χ4v) is 4.06. The number of nitrogens with one attached hydrogen (secondary N) is 1. The lowest BCUT2D eigenvalue weighted by Crippen LogP contribution is -2.32. The maximum Gasteiger partial charge on any atom is 0.227 e. The number of thiophene rings is 1. The molecule has 2 amide bonds. The summed E-state index contributed by atoms with van der Waals surface area (Å²) >= 11 is 1.63. The fraction of sp³-hybridized carbons (Fsp3) is 0.227. The van der Waals surface area contributed by atoms with Gasteiger partial charge >= 0.3 is 0 Å². The number of hydrogen-bond acceptors (Lipinski definition) is 5. The highest BCUT2D eigenvalue weighted by molar-refractivity contribution is 7.08. The van der Waals surface area contributed by atoms with E-state index in [0.717, 1.165) is 28.1 Å². The molecule has 2 aromatic heterocycles. The van der Waals surface area contributed by atoms with E-state index < -0.39 is 0 Å². The Bertz CT molecular complexity index is 1000. The van der Waals surface area contributed by atoms with E-state index in [1.165, 1.54) is 0 Å². The Balaban J connectivity index is 1.37. The van der Waals surface area contributed by atoms with Crippen LogP contribution in [0.25, 0.3) is 11.1 Å². The predicted octanol–water partition coefficient (Wildman–Crippen LogP) is 3.49. The van der Waals surface area contributed by atoms with Crippen LogP contribution in [0.3, 0.4) is 0 Å². The Kier molecular flexibility index (Phi) is 5.57. The zero-order valence-corrected chi connectivity index (χ0v) is 16.8. The first-order valence-electron chi connectivity index (χ1n) is 9.32. The molecule has 0 aliphatic carbocycles. The molecule has 148 valence electrons. The maximum atomic E-state index is 12.6. The van der Waals surface area contributed by atoms with Crippen LogP contribution in [0.2, 0.25) is 0 Å². The molecular formula is C22H21N3O3S. The van der Waals surface area contributed by atoms with Crippen molar-refractivity contribution >= 4 is 28.8 Å². The van der Waals surface area contributed by atoms with E-state index in [0.29, 0.717) is 13.1 Å². The SMILES string of the molecule is COc1ccc(N2C[C@H](C(=O)NCc3cncc(-c4ccsc4)c3)CC2=O)cc1. The summed E-state index contributed by atoms with van der Waals surface area (Å²) in [5.41, 5.74) is 3.85. The molecule has 1 N–H and O–H groups in total. The van der Waals surface area contributed by atoms with Crippen LogP contribution in [0.1, 0.15) is 12.0 Å². The molecular weight excluding hydrogens is 386 g/mol. The van der Waals surface area contributed by atoms with Crippen LogP contribution in [-0.2, 0) is 16.1 Å². The minimum absolute atomic E-state index is 0.0450. The minimum atomic E-state index is -0.363.